The van der Waals surface area contributed by atoms with Crippen molar-refractivity contribution < 1.29 is 14.3 Å². The monoisotopic (exact) mass is 374 g/mol. The van der Waals surface area contributed by atoms with Gasteiger partial charge in [0.15, 0.2) is 0 Å². The summed E-state index contributed by atoms with van der Waals surface area (Å²) in [6.45, 7) is 8.69. The third-order valence-corrected chi connectivity index (χ3v) is 9.70. The van der Waals surface area contributed by atoms with Gasteiger partial charge >= 0.3 is 5.97 Å². The van der Waals surface area contributed by atoms with Crippen molar-refractivity contribution in [3.05, 3.63) is 0 Å². The smallest absolute Gasteiger partial charge is 0.305 e. The maximum Gasteiger partial charge on any atom is 0.305 e. The number of rotatable bonds is 3. The number of carbonyl (C=O) groups is 2. The van der Waals surface area contributed by atoms with Crippen LogP contribution in [0.1, 0.15) is 91.9 Å². The summed E-state index contributed by atoms with van der Waals surface area (Å²) in [5, 5.41) is 0. The van der Waals surface area contributed by atoms with E-state index in [2.05, 4.69) is 13.8 Å². The van der Waals surface area contributed by atoms with Gasteiger partial charge in [-0.3, -0.25) is 9.59 Å². The molecule has 0 spiro atoms. The number of carbonyl (C=O) groups excluding carboxylic acids is 2. The van der Waals surface area contributed by atoms with Crippen molar-refractivity contribution >= 4 is 11.8 Å². The molecule has 0 aromatic rings. The lowest BCUT2D eigenvalue weighted by Gasteiger charge is -2.61. The van der Waals surface area contributed by atoms with E-state index in [0.29, 0.717) is 29.5 Å². The first-order valence-electron chi connectivity index (χ1n) is 11.5. The summed E-state index contributed by atoms with van der Waals surface area (Å²) in [6, 6.07) is 0. The number of hydrogen-bond donors (Lipinski definition) is 0. The molecule has 3 heteroatoms. The Bertz CT molecular complexity index is 613. The molecular formula is C24H38O3. The van der Waals surface area contributed by atoms with Gasteiger partial charge in [0.1, 0.15) is 11.9 Å². The van der Waals surface area contributed by atoms with Crippen LogP contribution in [0.4, 0.5) is 0 Å². The van der Waals surface area contributed by atoms with Gasteiger partial charge < -0.3 is 4.74 Å². The van der Waals surface area contributed by atoms with Crippen molar-refractivity contribution in [1.82, 2.24) is 0 Å². The molecule has 4 rings (SSSR count). The normalized spacial score (nSPS) is 48.9. The first kappa shape index (κ1) is 19.5. The number of ether oxygens (including phenoxy) is 1. The summed E-state index contributed by atoms with van der Waals surface area (Å²) in [6.07, 6.45) is 11.5. The average molecular weight is 375 g/mol. The van der Waals surface area contributed by atoms with Gasteiger partial charge in [-0.2, -0.15) is 0 Å². The summed E-state index contributed by atoms with van der Waals surface area (Å²) in [4.78, 5) is 24.0. The van der Waals surface area contributed by atoms with Crippen LogP contribution in [-0.4, -0.2) is 17.9 Å². The minimum atomic E-state index is -0.0352. The molecule has 0 amide bonds. The zero-order valence-corrected chi connectivity index (χ0v) is 17.8. The molecule has 4 aliphatic carbocycles. The Labute approximate surface area is 165 Å². The Hall–Kier alpha value is -0.860. The average Bonchev–Trinajstić information content (AvgIpc) is 2.99. The molecule has 152 valence electrons. The molecule has 0 heterocycles. The van der Waals surface area contributed by atoms with E-state index < -0.39 is 0 Å². The largest absolute Gasteiger partial charge is 0.462 e. The zero-order chi connectivity index (χ0) is 19.4. The summed E-state index contributed by atoms with van der Waals surface area (Å²) in [5.74, 6) is 3.77. The maximum absolute atomic E-state index is 12.3. The van der Waals surface area contributed by atoms with Gasteiger partial charge in [-0.05, 0) is 99.2 Å². The predicted octanol–water partition coefficient (Wildman–Crippen LogP) is 5.56. The Morgan fingerprint density at radius 1 is 0.926 bits per heavy atom. The van der Waals surface area contributed by atoms with Gasteiger partial charge in [0, 0.05) is 12.3 Å². The van der Waals surface area contributed by atoms with Gasteiger partial charge in [-0.15, -0.1) is 0 Å². The van der Waals surface area contributed by atoms with Crippen molar-refractivity contribution in [1.29, 1.82) is 0 Å². The van der Waals surface area contributed by atoms with E-state index in [-0.39, 0.29) is 17.5 Å². The zero-order valence-electron chi connectivity index (χ0n) is 17.8. The predicted molar refractivity (Wildman–Crippen MR) is 106 cm³/mol. The molecule has 27 heavy (non-hydrogen) atoms. The van der Waals surface area contributed by atoms with E-state index in [9.17, 15) is 9.59 Å². The lowest BCUT2D eigenvalue weighted by atomic mass is 9.44. The van der Waals surface area contributed by atoms with Crippen molar-refractivity contribution in [2.45, 2.75) is 98.0 Å². The SMILES string of the molecule is CCC(=O)O[C@H]1CC[C@@]2(C)[C@H](CC[C@@H]3[C@@H]2CC[C@]2(C)C(C(C)=O)CC[C@@H]32)C1. The highest BCUT2D eigenvalue weighted by molar-refractivity contribution is 5.79. The standard InChI is InChI=1S/C24H38O3/c1-5-22(26)27-17-10-12-23(3)16(14-17)6-7-18-20-9-8-19(15(2)25)24(20,4)13-11-21(18)23/h16-21H,5-14H2,1-4H3/t16-,17+,18+,19?,20+,21+,23+,24-/m1/s1. The second-order valence-corrected chi connectivity index (χ2v) is 10.7. The van der Waals surface area contributed by atoms with E-state index >= 15 is 0 Å². The lowest BCUT2D eigenvalue weighted by Crippen LogP contribution is -2.54. The van der Waals surface area contributed by atoms with Crippen molar-refractivity contribution in [2.75, 3.05) is 0 Å². The number of Topliss-reactive ketones (excluding diaryl/α,β-unsaturated/α-hetero) is 1. The van der Waals surface area contributed by atoms with Crippen LogP contribution in [0.2, 0.25) is 0 Å². The summed E-state index contributed by atoms with van der Waals surface area (Å²) < 4.78 is 5.72. The first-order chi connectivity index (χ1) is 12.8. The van der Waals surface area contributed by atoms with Crippen LogP contribution in [0, 0.1) is 40.4 Å². The van der Waals surface area contributed by atoms with E-state index in [1.165, 1.54) is 38.5 Å². The number of hydrogen-bond acceptors (Lipinski definition) is 3. The fourth-order valence-corrected chi connectivity index (χ4v) is 8.26. The lowest BCUT2D eigenvalue weighted by molar-refractivity contribution is -0.162. The van der Waals surface area contributed by atoms with Crippen LogP contribution in [0.25, 0.3) is 0 Å². The van der Waals surface area contributed by atoms with E-state index in [1.54, 1.807) is 0 Å². The van der Waals surface area contributed by atoms with Crippen molar-refractivity contribution in [3.8, 4) is 0 Å². The Morgan fingerprint density at radius 3 is 2.33 bits per heavy atom. The highest BCUT2D eigenvalue weighted by Crippen LogP contribution is 2.67. The number of fused-ring (bicyclic) bond motifs is 5. The molecule has 1 unspecified atom stereocenters. The van der Waals surface area contributed by atoms with Crippen LogP contribution in [0.5, 0.6) is 0 Å². The Balaban J connectivity index is 1.51. The Morgan fingerprint density at radius 2 is 1.63 bits per heavy atom. The highest BCUT2D eigenvalue weighted by Gasteiger charge is 2.60. The third-order valence-electron chi connectivity index (χ3n) is 9.70. The summed E-state index contributed by atoms with van der Waals surface area (Å²) >= 11 is 0. The second kappa shape index (κ2) is 6.88. The molecular weight excluding hydrogens is 336 g/mol. The molecule has 4 aliphatic rings. The topological polar surface area (TPSA) is 43.4 Å². The van der Waals surface area contributed by atoms with E-state index in [0.717, 1.165) is 37.0 Å². The van der Waals surface area contributed by atoms with Crippen LogP contribution >= 0.6 is 0 Å². The number of ketones is 1. The number of esters is 1. The third kappa shape index (κ3) is 2.99. The highest BCUT2D eigenvalue weighted by atomic mass is 16.5. The van der Waals surface area contributed by atoms with Gasteiger partial charge in [0.05, 0.1) is 0 Å². The molecule has 4 fully saturated rings. The van der Waals surface area contributed by atoms with Crippen molar-refractivity contribution in [3.63, 3.8) is 0 Å². The summed E-state index contributed by atoms with van der Waals surface area (Å²) in [7, 11) is 0. The molecule has 0 N–H and O–H groups in total. The molecule has 0 saturated heterocycles. The van der Waals surface area contributed by atoms with Crippen molar-refractivity contribution in [2.24, 2.45) is 40.4 Å². The first-order valence-corrected chi connectivity index (χ1v) is 11.5. The fraction of sp³-hybridized carbons (Fsp3) is 0.917. The van der Waals surface area contributed by atoms with Gasteiger partial charge in [0.25, 0.3) is 0 Å². The molecule has 0 aromatic heterocycles. The molecule has 8 atom stereocenters. The Kier molecular flexibility index (Phi) is 4.96. The molecule has 3 nitrogen and oxygen atoms in total. The van der Waals surface area contributed by atoms with Gasteiger partial charge in [-0.25, -0.2) is 0 Å². The molecule has 0 aromatic carbocycles. The molecule has 0 radical (unpaired) electrons. The minimum absolute atomic E-state index is 0.0352. The minimum Gasteiger partial charge on any atom is -0.462 e. The fourth-order valence-electron chi connectivity index (χ4n) is 8.26. The van der Waals surface area contributed by atoms with Crippen LogP contribution in [-0.2, 0) is 14.3 Å². The van der Waals surface area contributed by atoms with E-state index in [4.69, 9.17) is 4.74 Å². The maximum atomic E-state index is 12.3. The molecule has 0 aliphatic heterocycles. The van der Waals surface area contributed by atoms with Crippen LogP contribution in [0.15, 0.2) is 0 Å². The molecule has 0 bridgehead atoms. The summed E-state index contributed by atoms with van der Waals surface area (Å²) in [5.41, 5.74) is 0.664. The van der Waals surface area contributed by atoms with Crippen LogP contribution < -0.4 is 0 Å². The van der Waals surface area contributed by atoms with Crippen LogP contribution in [0.3, 0.4) is 0 Å². The molecule has 4 saturated carbocycles. The van der Waals surface area contributed by atoms with Gasteiger partial charge in [0.2, 0.25) is 0 Å². The second-order valence-electron chi connectivity index (χ2n) is 10.7. The van der Waals surface area contributed by atoms with E-state index in [1.807, 2.05) is 13.8 Å². The quantitative estimate of drug-likeness (QED) is 0.608. The van der Waals surface area contributed by atoms with Gasteiger partial charge in [-0.1, -0.05) is 20.8 Å².